The molecule has 6 nitrogen and oxygen atoms in total. The summed E-state index contributed by atoms with van der Waals surface area (Å²) in [5.41, 5.74) is 2.19. The van der Waals surface area contributed by atoms with E-state index < -0.39 is 10.0 Å². The van der Waals surface area contributed by atoms with Crippen LogP contribution < -0.4 is 4.72 Å². The van der Waals surface area contributed by atoms with Gasteiger partial charge in [0.25, 0.3) is 0 Å². The first-order chi connectivity index (χ1) is 13.9. The lowest BCUT2D eigenvalue weighted by molar-refractivity contribution is -0.126. The minimum atomic E-state index is -3.50. The molecule has 0 aromatic heterocycles. The average molecular weight is 410 g/mol. The monoisotopic (exact) mass is 409 g/mol. The Morgan fingerprint density at radius 2 is 1.83 bits per heavy atom. The number of carbonyl (C=O) groups excluding carboxylic acids is 1. The summed E-state index contributed by atoms with van der Waals surface area (Å²) in [4.78, 5) is 14.4. The highest BCUT2D eigenvalue weighted by Crippen LogP contribution is 2.13. The Morgan fingerprint density at radius 1 is 1.17 bits per heavy atom. The van der Waals surface area contributed by atoms with Crippen LogP contribution in [0.2, 0.25) is 0 Å². The van der Waals surface area contributed by atoms with Crippen molar-refractivity contribution in [1.29, 1.82) is 5.26 Å². The van der Waals surface area contributed by atoms with E-state index in [0.717, 1.165) is 5.56 Å². The van der Waals surface area contributed by atoms with Crippen LogP contribution in [-0.2, 0) is 21.4 Å². The first kappa shape index (κ1) is 22.1. The van der Waals surface area contributed by atoms with Gasteiger partial charge in [-0.25, -0.2) is 13.1 Å². The van der Waals surface area contributed by atoms with Crippen LogP contribution in [0.1, 0.15) is 23.6 Å². The Bertz CT molecular complexity index is 1020. The van der Waals surface area contributed by atoms with Crippen LogP contribution in [0.15, 0.2) is 72.2 Å². The van der Waals surface area contributed by atoms with Gasteiger partial charge in [-0.05, 0) is 41.5 Å². The molecule has 2 rings (SSSR count). The molecule has 0 heterocycles. The number of nitriles is 1. The van der Waals surface area contributed by atoms with E-state index in [0.29, 0.717) is 30.8 Å². The van der Waals surface area contributed by atoms with Gasteiger partial charge in [-0.15, -0.1) is 6.58 Å². The number of sulfonamides is 1. The molecule has 0 aliphatic carbocycles. The van der Waals surface area contributed by atoms with Crippen LogP contribution >= 0.6 is 0 Å². The lowest BCUT2D eigenvalue weighted by Gasteiger charge is -2.19. The van der Waals surface area contributed by atoms with Crippen molar-refractivity contribution in [2.24, 2.45) is 0 Å². The molecular weight excluding hydrogens is 386 g/mol. The number of amides is 1. The molecule has 0 atom stereocenters. The molecule has 7 heteroatoms. The number of hydrogen-bond acceptors (Lipinski definition) is 4. The van der Waals surface area contributed by atoms with Crippen molar-refractivity contribution in [2.45, 2.75) is 18.4 Å². The second-order valence-electron chi connectivity index (χ2n) is 6.22. The third-order valence-corrected chi connectivity index (χ3v) is 5.62. The summed E-state index contributed by atoms with van der Waals surface area (Å²) in [5.74, 6) is -0.196. The number of nitrogens with zero attached hydrogens (tertiary/aromatic N) is 2. The third kappa shape index (κ3) is 6.42. The van der Waals surface area contributed by atoms with E-state index >= 15 is 0 Å². The van der Waals surface area contributed by atoms with Crippen LogP contribution in [0.25, 0.3) is 6.08 Å². The van der Waals surface area contributed by atoms with Crippen molar-refractivity contribution in [3.63, 3.8) is 0 Å². The van der Waals surface area contributed by atoms with Gasteiger partial charge in [0.15, 0.2) is 0 Å². The van der Waals surface area contributed by atoms with Gasteiger partial charge < -0.3 is 4.90 Å². The molecule has 29 heavy (non-hydrogen) atoms. The Hall–Kier alpha value is -3.21. The molecular formula is C22H23N3O3S. The van der Waals surface area contributed by atoms with E-state index in [4.69, 9.17) is 5.26 Å². The quantitative estimate of drug-likeness (QED) is 0.509. The molecule has 2 aromatic carbocycles. The zero-order valence-corrected chi connectivity index (χ0v) is 17.0. The SMILES string of the molecule is C=CCN(Cc1ccc(C#N)cc1)C(=O)/C=C/c1ccc(S(=O)(=O)NCC)cc1. The topological polar surface area (TPSA) is 90.3 Å². The predicted molar refractivity (Wildman–Crippen MR) is 113 cm³/mol. The Labute approximate surface area is 171 Å². The fourth-order valence-electron chi connectivity index (χ4n) is 2.60. The summed E-state index contributed by atoms with van der Waals surface area (Å²) >= 11 is 0. The molecule has 0 fully saturated rings. The van der Waals surface area contributed by atoms with Crippen LogP contribution in [0.4, 0.5) is 0 Å². The second-order valence-corrected chi connectivity index (χ2v) is 7.99. The van der Waals surface area contributed by atoms with Crippen molar-refractivity contribution in [2.75, 3.05) is 13.1 Å². The number of nitrogens with one attached hydrogen (secondary N) is 1. The highest BCUT2D eigenvalue weighted by atomic mass is 32.2. The molecule has 0 aliphatic heterocycles. The fourth-order valence-corrected chi connectivity index (χ4v) is 3.64. The number of rotatable bonds is 9. The molecule has 0 unspecified atom stereocenters. The van der Waals surface area contributed by atoms with Crippen LogP contribution in [0.5, 0.6) is 0 Å². The summed E-state index contributed by atoms with van der Waals surface area (Å²) in [6.07, 6.45) is 4.73. The summed E-state index contributed by atoms with van der Waals surface area (Å²) in [7, 11) is -3.50. The summed E-state index contributed by atoms with van der Waals surface area (Å²) in [6.45, 7) is 6.49. The van der Waals surface area contributed by atoms with E-state index in [1.54, 1.807) is 48.2 Å². The summed E-state index contributed by atoms with van der Waals surface area (Å²) in [6, 6.07) is 15.4. The first-order valence-corrected chi connectivity index (χ1v) is 10.5. The highest BCUT2D eigenvalue weighted by molar-refractivity contribution is 7.89. The van der Waals surface area contributed by atoms with E-state index in [1.165, 1.54) is 18.2 Å². The number of hydrogen-bond donors (Lipinski definition) is 1. The summed E-state index contributed by atoms with van der Waals surface area (Å²) < 4.78 is 26.4. The predicted octanol–water partition coefficient (Wildman–Crippen LogP) is 3.08. The van der Waals surface area contributed by atoms with Gasteiger partial charge in [0.2, 0.25) is 15.9 Å². The van der Waals surface area contributed by atoms with Gasteiger partial charge in [-0.1, -0.05) is 37.3 Å². The van der Waals surface area contributed by atoms with E-state index in [9.17, 15) is 13.2 Å². The largest absolute Gasteiger partial charge is 0.331 e. The Kier molecular flexibility index (Phi) is 7.89. The molecule has 1 amide bonds. The molecule has 0 saturated carbocycles. The van der Waals surface area contributed by atoms with Crippen LogP contribution in [-0.4, -0.2) is 32.3 Å². The van der Waals surface area contributed by atoms with Gasteiger partial charge in [-0.3, -0.25) is 4.79 Å². The first-order valence-electron chi connectivity index (χ1n) is 9.06. The Balaban J connectivity index is 2.09. The maximum atomic E-state index is 12.6. The van der Waals surface area contributed by atoms with E-state index in [-0.39, 0.29) is 10.8 Å². The normalized spacial score (nSPS) is 11.2. The smallest absolute Gasteiger partial charge is 0.247 e. The van der Waals surface area contributed by atoms with Crippen molar-refractivity contribution in [3.8, 4) is 6.07 Å². The second kappa shape index (κ2) is 10.4. The standard InChI is InChI=1S/C22H23N3O3S/c1-3-15-25(17-20-7-5-19(16-23)6-8-20)22(26)14-11-18-9-12-21(13-10-18)29(27,28)24-4-2/h3,5-14,24H,1,4,15,17H2,2H3/b14-11+. The van der Waals surface area contributed by atoms with Crippen molar-refractivity contribution in [3.05, 3.63) is 84.0 Å². The molecule has 2 aromatic rings. The van der Waals surface area contributed by atoms with Gasteiger partial charge in [-0.2, -0.15) is 5.26 Å². The average Bonchev–Trinajstić information content (AvgIpc) is 2.72. The van der Waals surface area contributed by atoms with Crippen molar-refractivity contribution < 1.29 is 13.2 Å². The molecule has 150 valence electrons. The number of benzene rings is 2. The maximum Gasteiger partial charge on any atom is 0.247 e. The van der Waals surface area contributed by atoms with E-state index in [1.807, 2.05) is 12.1 Å². The molecule has 1 N–H and O–H groups in total. The zero-order valence-electron chi connectivity index (χ0n) is 16.2. The minimum absolute atomic E-state index is 0.178. The molecule has 0 aliphatic rings. The van der Waals surface area contributed by atoms with Crippen LogP contribution in [0, 0.1) is 11.3 Å². The van der Waals surface area contributed by atoms with Crippen molar-refractivity contribution >= 4 is 22.0 Å². The van der Waals surface area contributed by atoms with Crippen LogP contribution in [0.3, 0.4) is 0 Å². The molecule has 0 spiro atoms. The van der Waals surface area contributed by atoms with Gasteiger partial charge in [0.05, 0.1) is 16.5 Å². The zero-order chi connectivity index (χ0) is 21.3. The lowest BCUT2D eigenvalue weighted by atomic mass is 10.1. The lowest BCUT2D eigenvalue weighted by Crippen LogP contribution is -2.29. The van der Waals surface area contributed by atoms with E-state index in [2.05, 4.69) is 17.4 Å². The number of carbonyl (C=O) groups is 1. The minimum Gasteiger partial charge on any atom is -0.331 e. The molecule has 0 radical (unpaired) electrons. The van der Waals surface area contributed by atoms with Gasteiger partial charge in [0, 0.05) is 25.7 Å². The third-order valence-electron chi connectivity index (χ3n) is 4.06. The molecule has 0 saturated heterocycles. The van der Waals surface area contributed by atoms with Gasteiger partial charge in [0.1, 0.15) is 0 Å². The van der Waals surface area contributed by atoms with Crippen molar-refractivity contribution in [1.82, 2.24) is 9.62 Å². The Morgan fingerprint density at radius 3 is 2.38 bits per heavy atom. The summed E-state index contributed by atoms with van der Waals surface area (Å²) in [5, 5.41) is 8.88. The highest BCUT2D eigenvalue weighted by Gasteiger charge is 2.12. The fraction of sp³-hybridized carbons (Fsp3) is 0.182. The maximum absolute atomic E-state index is 12.6. The van der Waals surface area contributed by atoms with Gasteiger partial charge >= 0.3 is 0 Å². The molecule has 0 bridgehead atoms.